The van der Waals surface area contributed by atoms with Crippen molar-refractivity contribution in [3.8, 4) is 11.5 Å². The van der Waals surface area contributed by atoms with Crippen LogP contribution in [0.5, 0.6) is 11.5 Å². The van der Waals surface area contributed by atoms with E-state index in [0.29, 0.717) is 18.1 Å². The summed E-state index contributed by atoms with van der Waals surface area (Å²) in [5.41, 5.74) is 0. The number of carbonyl (C=O) groups is 2. The van der Waals surface area contributed by atoms with Crippen LogP contribution in [-0.4, -0.2) is 38.2 Å². The van der Waals surface area contributed by atoms with E-state index >= 15 is 0 Å². The normalized spacial score (nSPS) is 16.8. The van der Waals surface area contributed by atoms with E-state index in [2.05, 4.69) is 10.1 Å². The molecule has 96 valence electrons. The molecule has 1 aromatic rings. The van der Waals surface area contributed by atoms with Crippen molar-refractivity contribution in [3.05, 3.63) is 24.3 Å². The molecular formula is C12H13NO5. The third-order valence-corrected chi connectivity index (χ3v) is 2.43. The fourth-order valence-electron chi connectivity index (χ4n) is 1.54. The fraction of sp³-hybridized carbons (Fsp3) is 0.333. The van der Waals surface area contributed by atoms with E-state index in [1.165, 1.54) is 0 Å². The molecule has 0 spiro atoms. The van der Waals surface area contributed by atoms with Crippen LogP contribution in [0.1, 0.15) is 0 Å². The van der Waals surface area contributed by atoms with Gasteiger partial charge in [0.1, 0.15) is 12.7 Å². The number of hydrogen-bond donors (Lipinski definition) is 1. The number of benzene rings is 1. The highest BCUT2D eigenvalue weighted by Gasteiger charge is 2.22. The predicted molar refractivity (Wildman–Crippen MR) is 61.4 cm³/mol. The van der Waals surface area contributed by atoms with Gasteiger partial charge in [0.25, 0.3) is 0 Å². The molecule has 0 aromatic heterocycles. The number of methoxy groups -OCH3 is 1. The number of para-hydroxylation sites is 2. The molecule has 0 radical (unpaired) electrons. The second-order valence-electron chi connectivity index (χ2n) is 3.70. The monoisotopic (exact) mass is 251 g/mol. The van der Waals surface area contributed by atoms with Crippen LogP contribution in [0, 0.1) is 0 Å². The van der Waals surface area contributed by atoms with Gasteiger partial charge in [-0.15, -0.1) is 0 Å². The molecule has 2 rings (SSSR count). The summed E-state index contributed by atoms with van der Waals surface area (Å²) in [5.74, 6) is -0.416. The van der Waals surface area contributed by atoms with Crippen molar-refractivity contribution in [1.82, 2.24) is 5.32 Å². The zero-order valence-corrected chi connectivity index (χ0v) is 9.84. The first-order valence-corrected chi connectivity index (χ1v) is 5.45. The largest absolute Gasteiger partial charge is 0.486 e. The smallest absolute Gasteiger partial charge is 0.396 e. The summed E-state index contributed by atoms with van der Waals surface area (Å²) in [7, 11) is 1.15. The van der Waals surface area contributed by atoms with Crippen LogP contribution in [0.4, 0.5) is 0 Å². The maximum Gasteiger partial charge on any atom is 0.396 e. The molecule has 1 aromatic carbocycles. The lowest BCUT2D eigenvalue weighted by atomic mass is 10.2. The van der Waals surface area contributed by atoms with Gasteiger partial charge in [-0.25, -0.2) is 4.79 Å². The Balaban J connectivity index is 1.87. The average Bonchev–Trinajstić information content (AvgIpc) is 2.43. The third kappa shape index (κ3) is 2.71. The average molecular weight is 251 g/mol. The highest BCUT2D eigenvalue weighted by Crippen LogP contribution is 2.30. The van der Waals surface area contributed by atoms with Crippen molar-refractivity contribution in [2.24, 2.45) is 0 Å². The maximum atomic E-state index is 11.2. The first-order chi connectivity index (χ1) is 8.70. The SMILES string of the molecule is COC(=O)C(=O)NC[C@H]1COc2ccccc2O1. The van der Waals surface area contributed by atoms with Crippen molar-refractivity contribution < 1.29 is 23.8 Å². The summed E-state index contributed by atoms with van der Waals surface area (Å²) in [6.07, 6.45) is -0.325. The van der Waals surface area contributed by atoms with Gasteiger partial charge in [-0.1, -0.05) is 12.1 Å². The van der Waals surface area contributed by atoms with Crippen LogP contribution in [-0.2, 0) is 14.3 Å². The second kappa shape index (κ2) is 5.39. The quantitative estimate of drug-likeness (QED) is 0.596. The Morgan fingerprint density at radius 3 is 2.83 bits per heavy atom. The molecule has 0 saturated carbocycles. The molecule has 0 saturated heterocycles. The molecular weight excluding hydrogens is 238 g/mol. The summed E-state index contributed by atoms with van der Waals surface area (Å²) in [5, 5.41) is 2.42. The number of rotatable bonds is 2. The molecule has 1 aliphatic rings. The standard InChI is InChI=1S/C12H13NO5/c1-16-12(15)11(14)13-6-8-7-17-9-4-2-3-5-10(9)18-8/h2-5,8H,6-7H2,1H3,(H,13,14)/t8-/m0/s1. The Labute approximate surface area is 104 Å². The third-order valence-electron chi connectivity index (χ3n) is 2.43. The van der Waals surface area contributed by atoms with Gasteiger partial charge in [0.15, 0.2) is 11.5 Å². The molecule has 1 N–H and O–H groups in total. The van der Waals surface area contributed by atoms with Crippen LogP contribution in [0.3, 0.4) is 0 Å². The van der Waals surface area contributed by atoms with Gasteiger partial charge in [-0.2, -0.15) is 0 Å². The number of ether oxygens (including phenoxy) is 3. The molecule has 6 heteroatoms. The molecule has 1 heterocycles. The minimum absolute atomic E-state index is 0.183. The Bertz CT molecular complexity index is 460. The summed E-state index contributed by atoms with van der Waals surface area (Å²) >= 11 is 0. The number of esters is 1. The Hall–Kier alpha value is -2.24. The van der Waals surface area contributed by atoms with Crippen molar-refractivity contribution >= 4 is 11.9 Å². The summed E-state index contributed by atoms with van der Waals surface area (Å²) in [4.78, 5) is 22.1. The second-order valence-corrected chi connectivity index (χ2v) is 3.70. The van der Waals surface area contributed by atoms with Gasteiger partial charge in [-0.3, -0.25) is 4.79 Å². The molecule has 0 aliphatic carbocycles. The lowest BCUT2D eigenvalue weighted by Gasteiger charge is -2.26. The van der Waals surface area contributed by atoms with E-state index < -0.39 is 11.9 Å². The number of amides is 1. The van der Waals surface area contributed by atoms with E-state index in [-0.39, 0.29) is 12.6 Å². The first-order valence-electron chi connectivity index (χ1n) is 5.45. The molecule has 0 bridgehead atoms. The zero-order valence-electron chi connectivity index (χ0n) is 9.84. The molecule has 1 aliphatic heterocycles. The molecule has 1 atom stereocenters. The fourth-order valence-corrected chi connectivity index (χ4v) is 1.54. The van der Waals surface area contributed by atoms with Crippen molar-refractivity contribution in [2.75, 3.05) is 20.3 Å². The maximum absolute atomic E-state index is 11.2. The Morgan fingerprint density at radius 2 is 2.11 bits per heavy atom. The van der Waals surface area contributed by atoms with Crippen LogP contribution in [0.25, 0.3) is 0 Å². The van der Waals surface area contributed by atoms with E-state index in [0.717, 1.165) is 7.11 Å². The number of hydrogen-bond acceptors (Lipinski definition) is 5. The van der Waals surface area contributed by atoms with Crippen LogP contribution >= 0.6 is 0 Å². The van der Waals surface area contributed by atoms with Gasteiger partial charge in [0.05, 0.1) is 13.7 Å². The summed E-state index contributed by atoms with van der Waals surface area (Å²) < 4.78 is 15.4. The highest BCUT2D eigenvalue weighted by molar-refractivity contribution is 6.32. The van der Waals surface area contributed by atoms with Crippen molar-refractivity contribution in [3.63, 3.8) is 0 Å². The number of carbonyl (C=O) groups excluding carboxylic acids is 2. The highest BCUT2D eigenvalue weighted by atomic mass is 16.6. The minimum Gasteiger partial charge on any atom is -0.486 e. The van der Waals surface area contributed by atoms with E-state index in [1.54, 1.807) is 12.1 Å². The van der Waals surface area contributed by atoms with Gasteiger partial charge >= 0.3 is 11.9 Å². The topological polar surface area (TPSA) is 73.9 Å². The molecule has 0 fully saturated rings. The lowest BCUT2D eigenvalue weighted by molar-refractivity contribution is -0.152. The Morgan fingerprint density at radius 1 is 1.39 bits per heavy atom. The van der Waals surface area contributed by atoms with Crippen LogP contribution in [0.2, 0.25) is 0 Å². The summed E-state index contributed by atoms with van der Waals surface area (Å²) in [6.45, 7) is 0.501. The van der Waals surface area contributed by atoms with Gasteiger partial charge in [0.2, 0.25) is 0 Å². The first kappa shape index (κ1) is 12.2. The summed E-state index contributed by atoms with van der Waals surface area (Å²) in [6, 6.07) is 7.27. The predicted octanol–water partition coefficient (Wildman–Crippen LogP) is 0.116. The molecule has 18 heavy (non-hydrogen) atoms. The van der Waals surface area contributed by atoms with Gasteiger partial charge < -0.3 is 19.5 Å². The molecule has 6 nitrogen and oxygen atoms in total. The molecule has 1 amide bonds. The van der Waals surface area contributed by atoms with Gasteiger partial charge in [-0.05, 0) is 12.1 Å². The molecule has 0 unspecified atom stereocenters. The van der Waals surface area contributed by atoms with Crippen molar-refractivity contribution in [2.45, 2.75) is 6.10 Å². The van der Waals surface area contributed by atoms with E-state index in [9.17, 15) is 9.59 Å². The van der Waals surface area contributed by atoms with E-state index in [4.69, 9.17) is 9.47 Å². The van der Waals surface area contributed by atoms with Crippen molar-refractivity contribution in [1.29, 1.82) is 0 Å². The van der Waals surface area contributed by atoms with Crippen LogP contribution in [0.15, 0.2) is 24.3 Å². The minimum atomic E-state index is -0.924. The lowest BCUT2D eigenvalue weighted by Crippen LogP contribution is -2.43. The number of nitrogens with one attached hydrogen (secondary N) is 1. The van der Waals surface area contributed by atoms with Gasteiger partial charge in [0, 0.05) is 0 Å². The zero-order chi connectivity index (χ0) is 13.0. The van der Waals surface area contributed by atoms with E-state index in [1.807, 2.05) is 12.1 Å². The Kier molecular flexibility index (Phi) is 3.66. The number of fused-ring (bicyclic) bond motifs is 1. The van der Waals surface area contributed by atoms with Crippen LogP contribution < -0.4 is 14.8 Å².